The van der Waals surface area contributed by atoms with Crippen LogP contribution in [0.1, 0.15) is 22.8 Å². The van der Waals surface area contributed by atoms with Gasteiger partial charge < -0.3 is 15.0 Å². The number of nitrogens with one attached hydrogen (secondary N) is 1. The molecule has 2 aromatic rings. The van der Waals surface area contributed by atoms with Crippen LogP contribution < -0.4 is 10.2 Å². The number of alkyl halides is 3. The quantitative estimate of drug-likeness (QED) is 0.788. The van der Waals surface area contributed by atoms with Crippen molar-refractivity contribution in [3.05, 3.63) is 59.7 Å². The van der Waals surface area contributed by atoms with Crippen molar-refractivity contribution < 1.29 is 32.3 Å². The number of carbonyl (C=O) groups is 3. The van der Waals surface area contributed by atoms with Gasteiger partial charge in [0.05, 0.1) is 29.6 Å². The smallest absolute Gasteiger partial charge is 0.418 e. The van der Waals surface area contributed by atoms with E-state index in [4.69, 9.17) is 0 Å². The van der Waals surface area contributed by atoms with Gasteiger partial charge in [0, 0.05) is 6.92 Å². The number of esters is 1. The predicted octanol–water partition coefficient (Wildman–Crippen LogP) is 3.48. The first-order valence-corrected chi connectivity index (χ1v) is 8.06. The Morgan fingerprint density at radius 1 is 1.04 bits per heavy atom. The Hall–Kier alpha value is -3.36. The molecule has 148 valence electrons. The number of hydrogen-bond acceptors (Lipinski definition) is 4. The number of carbonyl (C=O) groups excluding carboxylic acids is 3. The number of para-hydroxylation sites is 2. The van der Waals surface area contributed by atoms with Crippen LogP contribution in [-0.4, -0.2) is 31.4 Å². The number of amides is 2. The van der Waals surface area contributed by atoms with Gasteiger partial charge in [0.2, 0.25) is 11.8 Å². The highest BCUT2D eigenvalue weighted by molar-refractivity contribution is 6.05. The van der Waals surface area contributed by atoms with Crippen LogP contribution >= 0.6 is 0 Å². The minimum Gasteiger partial charge on any atom is -0.465 e. The van der Waals surface area contributed by atoms with E-state index in [1.807, 2.05) is 0 Å². The molecular formula is C19H17F3N2O4. The molecule has 0 saturated carbocycles. The minimum absolute atomic E-state index is 0.0726. The fourth-order valence-electron chi connectivity index (χ4n) is 2.53. The standard InChI is InChI=1S/C19H17F3N2O4/c1-12(25)24(16-10-6-4-8-14(16)19(20,21)22)11-17(26)23-15-9-5-3-7-13(15)18(27)28-2/h3-10H,11H2,1-2H3,(H,23,26). The van der Waals surface area contributed by atoms with Crippen LogP contribution in [0.5, 0.6) is 0 Å². The van der Waals surface area contributed by atoms with Crippen molar-refractivity contribution in [1.29, 1.82) is 0 Å². The van der Waals surface area contributed by atoms with Crippen molar-refractivity contribution in [1.82, 2.24) is 0 Å². The molecule has 2 amide bonds. The average Bonchev–Trinajstić information content (AvgIpc) is 2.65. The lowest BCUT2D eigenvalue weighted by atomic mass is 10.1. The maximum Gasteiger partial charge on any atom is 0.418 e. The van der Waals surface area contributed by atoms with Gasteiger partial charge in [-0.2, -0.15) is 13.2 Å². The molecule has 9 heteroatoms. The molecule has 0 aliphatic carbocycles. The van der Waals surface area contributed by atoms with Crippen molar-refractivity contribution in [2.45, 2.75) is 13.1 Å². The van der Waals surface area contributed by atoms with E-state index in [1.165, 1.54) is 31.4 Å². The van der Waals surface area contributed by atoms with Crippen LogP contribution in [0.15, 0.2) is 48.5 Å². The third kappa shape index (κ3) is 4.87. The van der Waals surface area contributed by atoms with Gasteiger partial charge in [-0.3, -0.25) is 9.59 Å². The molecule has 0 saturated heterocycles. The highest BCUT2D eigenvalue weighted by Crippen LogP contribution is 2.36. The summed E-state index contributed by atoms with van der Waals surface area (Å²) in [6, 6.07) is 10.4. The summed E-state index contributed by atoms with van der Waals surface area (Å²) in [5.74, 6) is -2.21. The maximum absolute atomic E-state index is 13.2. The molecule has 0 bridgehead atoms. The van der Waals surface area contributed by atoms with E-state index < -0.39 is 41.8 Å². The van der Waals surface area contributed by atoms with Gasteiger partial charge >= 0.3 is 12.1 Å². The molecule has 1 N–H and O–H groups in total. The van der Waals surface area contributed by atoms with Crippen molar-refractivity contribution in [2.75, 3.05) is 23.9 Å². The normalized spacial score (nSPS) is 10.9. The summed E-state index contributed by atoms with van der Waals surface area (Å²) in [6.45, 7) is 0.390. The lowest BCUT2D eigenvalue weighted by Crippen LogP contribution is -2.38. The Bertz CT molecular complexity index is 897. The van der Waals surface area contributed by atoms with E-state index in [2.05, 4.69) is 10.1 Å². The molecule has 0 atom stereocenters. The fourth-order valence-corrected chi connectivity index (χ4v) is 2.53. The van der Waals surface area contributed by atoms with E-state index in [0.29, 0.717) is 0 Å². The number of ether oxygens (including phenoxy) is 1. The summed E-state index contributed by atoms with van der Waals surface area (Å²) >= 11 is 0. The van der Waals surface area contributed by atoms with Crippen LogP contribution in [-0.2, 0) is 20.5 Å². The van der Waals surface area contributed by atoms with E-state index >= 15 is 0 Å². The average molecular weight is 394 g/mol. The summed E-state index contributed by atoms with van der Waals surface area (Å²) < 4.78 is 44.4. The molecule has 2 aromatic carbocycles. The second kappa shape index (κ2) is 8.55. The fraction of sp³-hybridized carbons (Fsp3) is 0.211. The second-order valence-electron chi connectivity index (χ2n) is 5.71. The zero-order valence-electron chi connectivity index (χ0n) is 15.0. The van der Waals surface area contributed by atoms with Gasteiger partial charge in [-0.05, 0) is 24.3 Å². The molecule has 0 radical (unpaired) electrons. The zero-order valence-corrected chi connectivity index (χ0v) is 15.0. The van der Waals surface area contributed by atoms with Crippen molar-refractivity contribution >= 4 is 29.2 Å². The number of rotatable bonds is 5. The Kier molecular flexibility index (Phi) is 6.40. The van der Waals surface area contributed by atoms with Gasteiger partial charge in [-0.15, -0.1) is 0 Å². The molecule has 0 heterocycles. The third-order valence-electron chi connectivity index (χ3n) is 3.79. The molecule has 2 rings (SSSR count). The molecule has 0 fully saturated rings. The number of anilines is 2. The molecule has 0 unspecified atom stereocenters. The topological polar surface area (TPSA) is 75.7 Å². The molecule has 0 aliphatic heterocycles. The first-order valence-electron chi connectivity index (χ1n) is 8.06. The lowest BCUT2D eigenvalue weighted by molar-refractivity contribution is -0.137. The number of benzene rings is 2. The second-order valence-corrected chi connectivity index (χ2v) is 5.71. The molecule has 6 nitrogen and oxygen atoms in total. The maximum atomic E-state index is 13.2. The number of hydrogen-bond donors (Lipinski definition) is 1. The monoisotopic (exact) mass is 394 g/mol. The lowest BCUT2D eigenvalue weighted by Gasteiger charge is -2.24. The van der Waals surface area contributed by atoms with Crippen molar-refractivity contribution in [2.24, 2.45) is 0 Å². The molecule has 0 spiro atoms. The minimum atomic E-state index is -4.70. The highest BCUT2D eigenvalue weighted by atomic mass is 19.4. The predicted molar refractivity (Wildman–Crippen MR) is 95.9 cm³/mol. The van der Waals surface area contributed by atoms with E-state index in [1.54, 1.807) is 12.1 Å². The van der Waals surface area contributed by atoms with Crippen molar-refractivity contribution in [3.8, 4) is 0 Å². The van der Waals surface area contributed by atoms with Crippen LogP contribution in [0.3, 0.4) is 0 Å². The number of halogens is 3. The van der Waals surface area contributed by atoms with E-state index in [0.717, 1.165) is 24.0 Å². The highest BCUT2D eigenvalue weighted by Gasteiger charge is 2.35. The van der Waals surface area contributed by atoms with Gasteiger partial charge in [-0.25, -0.2) is 4.79 Å². The summed E-state index contributed by atoms with van der Waals surface area (Å²) in [5, 5.41) is 2.42. The Morgan fingerprint density at radius 2 is 1.64 bits per heavy atom. The Morgan fingerprint density at radius 3 is 2.25 bits per heavy atom. The van der Waals surface area contributed by atoms with Crippen LogP contribution in [0.4, 0.5) is 24.5 Å². The van der Waals surface area contributed by atoms with Crippen LogP contribution in [0.2, 0.25) is 0 Å². The summed E-state index contributed by atoms with van der Waals surface area (Å²) in [6.07, 6.45) is -4.70. The van der Waals surface area contributed by atoms with Crippen molar-refractivity contribution in [3.63, 3.8) is 0 Å². The molecule has 28 heavy (non-hydrogen) atoms. The molecule has 0 aliphatic rings. The van der Waals surface area contributed by atoms with E-state index in [-0.39, 0.29) is 11.3 Å². The van der Waals surface area contributed by atoms with Gasteiger partial charge in [-0.1, -0.05) is 24.3 Å². The summed E-state index contributed by atoms with van der Waals surface area (Å²) in [5.41, 5.74) is -1.28. The Labute approximate surface area is 158 Å². The SMILES string of the molecule is COC(=O)c1ccccc1NC(=O)CN(C(C)=O)c1ccccc1C(F)(F)F. The first kappa shape index (κ1) is 20.9. The van der Waals surface area contributed by atoms with Gasteiger partial charge in [0.25, 0.3) is 0 Å². The van der Waals surface area contributed by atoms with Crippen LogP contribution in [0, 0.1) is 0 Å². The number of methoxy groups -OCH3 is 1. The third-order valence-corrected chi connectivity index (χ3v) is 3.79. The molecule has 0 aromatic heterocycles. The zero-order chi connectivity index (χ0) is 20.9. The van der Waals surface area contributed by atoms with Crippen LogP contribution in [0.25, 0.3) is 0 Å². The Balaban J connectivity index is 2.29. The van der Waals surface area contributed by atoms with Gasteiger partial charge in [0.1, 0.15) is 6.54 Å². The first-order chi connectivity index (χ1) is 13.1. The largest absolute Gasteiger partial charge is 0.465 e. The summed E-state index contributed by atoms with van der Waals surface area (Å²) in [4.78, 5) is 36.8. The number of nitrogens with zero attached hydrogens (tertiary/aromatic N) is 1. The van der Waals surface area contributed by atoms with E-state index in [9.17, 15) is 27.6 Å². The molecular weight excluding hydrogens is 377 g/mol. The van der Waals surface area contributed by atoms with Gasteiger partial charge in [0.15, 0.2) is 0 Å². The summed E-state index contributed by atoms with van der Waals surface area (Å²) in [7, 11) is 1.17.